The first-order chi connectivity index (χ1) is 9.11. The van der Waals surface area contributed by atoms with Gasteiger partial charge < -0.3 is 9.88 Å². The standard InChI is InChI=1S/C17H26N2/c1-5-13(2)10-14(3)18-11-15-12-19(4)17-9-7-6-8-16(15)17/h6-9,12-14,18H,5,10-11H2,1-4H3. The molecule has 104 valence electrons. The molecule has 2 heteroatoms. The number of para-hydroxylation sites is 1. The fourth-order valence-electron chi connectivity index (χ4n) is 2.70. The van der Waals surface area contributed by atoms with Gasteiger partial charge in [-0.05, 0) is 30.9 Å². The summed E-state index contributed by atoms with van der Waals surface area (Å²) >= 11 is 0. The molecule has 2 aromatic rings. The zero-order valence-corrected chi connectivity index (χ0v) is 12.6. The number of aromatic nitrogens is 1. The van der Waals surface area contributed by atoms with E-state index in [1.165, 1.54) is 29.3 Å². The van der Waals surface area contributed by atoms with E-state index in [9.17, 15) is 0 Å². The quantitative estimate of drug-likeness (QED) is 0.825. The van der Waals surface area contributed by atoms with Crippen LogP contribution in [0, 0.1) is 5.92 Å². The average molecular weight is 258 g/mol. The van der Waals surface area contributed by atoms with E-state index in [0.717, 1.165) is 12.5 Å². The molecule has 2 rings (SSSR count). The third-order valence-electron chi connectivity index (χ3n) is 4.07. The summed E-state index contributed by atoms with van der Waals surface area (Å²) in [6.07, 6.45) is 4.76. The summed E-state index contributed by atoms with van der Waals surface area (Å²) in [5.74, 6) is 0.801. The zero-order chi connectivity index (χ0) is 13.8. The number of fused-ring (bicyclic) bond motifs is 1. The molecule has 1 N–H and O–H groups in total. The Hall–Kier alpha value is -1.28. The molecule has 2 unspecified atom stereocenters. The Kier molecular flexibility index (Phi) is 4.65. The normalized spacial score (nSPS) is 14.7. The van der Waals surface area contributed by atoms with Gasteiger partial charge in [0, 0.05) is 36.7 Å². The molecule has 0 saturated heterocycles. The van der Waals surface area contributed by atoms with E-state index in [-0.39, 0.29) is 0 Å². The summed E-state index contributed by atoms with van der Waals surface area (Å²) in [5.41, 5.74) is 2.71. The van der Waals surface area contributed by atoms with E-state index in [2.05, 4.69) is 68.2 Å². The van der Waals surface area contributed by atoms with Gasteiger partial charge in [-0.3, -0.25) is 0 Å². The number of nitrogens with zero attached hydrogens (tertiary/aromatic N) is 1. The van der Waals surface area contributed by atoms with Gasteiger partial charge in [-0.1, -0.05) is 38.5 Å². The Bertz CT molecular complexity index is 527. The van der Waals surface area contributed by atoms with Crippen LogP contribution in [0.4, 0.5) is 0 Å². The van der Waals surface area contributed by atoms with Gasteiger partial charge in [-0.15, -0.1) is 0 Å². The minimum absolute atomic E-state index is 0.578. The molecule has 0 saturated carbocycles. The molecule has 0 radical (unpaired) electrons. The van der Waals surface area contributed by atoms with Crippen molar-refractivity contribution in [2.24, 2.45) is 13.0 Å². The summed E-state index contributed by atoms with van der Waals surface area (Å²) in [4.78, 5) is 0. The first-order valence-corrected chi connectivity index (χ1v) is 7.38. The molecule has 0 bridgehead atoms. The van der Waals surface area contributed by atoms with Gasteiger partial charge in [-0.2, -0.15) is 0 Å². The minimum Gasteiger partial charge on any atom is -0.350 e. The lowest BCUT2D eigenvalue weighted by molar-refractivity contribution is 0.412. The molecule has 0 fully saturated rings. The van der Waals surface area contributed by atoms with Crippen molar-refractivity contribution >= 4 is 10.9 Å². The van der Waals surface area contributed by atoms with Gasteiger partial charge in [0.05, 0.1) is 0 Å². The molecule has 0 aliphatic heterocycles. The van der Waals surface area contributed by atoms with E-state index < -0.39 is 0 Å². The third-order valence-corrected chi connectivity index (χ3v) is 4.07. The molecule has 1 aromatic heterocycles. The average Bonchev–Trinajstić information content (AvgIpc) is 2.74. The van der Waals surface area contributed by atoms with Gasteiger partial charge in [0.2, 0.25) is 0 Å². The van der Waals surface area contributed by atoms with Crippen molar-refractivity contribution in [1.82, 2.24) is 9.88 Å². The van der Waals surface area contributed by atoms with Crippen molar-refractivity contribution in [2.75, 3.05) is 0 Å². The predicted octanol–water partition coefficient (Wildman–Crippen LogP) is 4.09. The van der Waals surface area contributed by atoms with Gasteiger partial charge in [0.1, 0.15) is 0 Å². The number of benzene rings is 1. The number of hydrogen-bond donors (Lipinski definition) is 1. The second kappa shape index (κ2) is 6.25. The van der Waals surface area contributed by atoms with E-state index >= 15 is 0 Å². The van der Waals surface area contributed by atoms with E-state index in [0.29, 0.717) is 6.04 Å². The second-order valence-electron chi connectivity index (χ2n) is 5.81. The molecule has 2 nitrogen and oxygen atoms in total. The SMILES string of the molecule is CCC(C)CC(C)NCc1cn(C)c2ccccc12. The lowest BCUT2D eigenvalue weighted by atomic mass is 10.0. The highest BCUT2D eigenvalue weighted by Gasteiger charge is 2.09. The van der Waals surface area contributed by atoms with Crippen LogP contribution in [0.15, 0.2) is 30.5 Å². The zero-order valence-electron chi connectivity index (χ0n) is 12.6. The van der Waals surface area contributed by atoms with E-state index in [4.69, 9.17) is 0 Å². The van der Waals surface area contributed by atoms with Gasteiger partial charge in [0.15, 0.2) is 0 Å². The lowest BCUT2D eigenvalue weighted by Crippen LogP contribution is -2.27. The van der Waals surface area contributed by atoms with Gasteiger partial charge in [0.25, 0.3) is 0 Å². The molecular weight excluding hydrogens is 232 g/mol. The number of rotatable bonds is 6. The van der Waals surface area contributed by atoms with Crippen molar-refractivity contribution in [3.05, 3.63) is 36.0 Å². The largest absolute Gasteiger partial charge is 0.350 e. The molecule has 0 aliphatic rings. The Labute approximate surface area is 116 Å². The molecule has 1 heterocycles. The summed E-state index contributed by atoms with van der Waals surface area (Å²) in [5, 5.41) is 5.03. The van der Waals surface area contributed by atoms with Crippen molar-refractivity contribution in [1.29, 1.82) is 0 Å². The fourth-order valence-corrected chi connectivity index (χ4v) is 2.70. The molecule has 1 aromatic carbocycles. The molecule has 2 atom stereocenters. The highest BCUT2D eigenvalue weighted by Crippen LogP contribution is 2.20. The van der Waals surface area contributed by atoms with Gasteiger partial charge >= 0.3 is 0 Å². The van der Waals surface area contributed by atoms with Crippen LogP contribution in [0.5, 0.6) is 0 Å². The van der Waals surface area contributed by atoms with Crippen LogP contribution in [-0.4, -0.2) is 10.6 Å². The van der Waals surface area contributed by atoms with Crippen LogP contribution in [-0.2, 0) is 13.6 Å². The Morgan fingerprint density at radius 3 is 2.68 bits per heavy atom. The van der Waals surface area contributed by atoms with Crippen molar-refractivity contribution < 1.29 is 0 Å². The molecular formula is C17H26N2. The maximum absolute atomic E-state index is 3.66. The minimum atomic E-state index is 0.578. The van der Waals surface area contributed by atoms with Crippen LogP contribution in [0.2, 0.25) is 0 Å². The van der Waals surface area contributed by atoms with E-state index in [1.807, 2.05) is 0 Å². The predicted molar refractivity (Wildman–Crippen MR) is 83.3 cm³/mol. The summed E-state index contributed by atoms with van der Waals surface area (Å²) in [6.45, 7) is 7.84. The summed E-state index contributed by atoms with van der Waals surface area (Å²) in [6, 6.07) is 9.20. The van der Waals surface area contributed by atoms with E-state index in [1.54, 1.807) is 0 Å². The molecule has 0 amide bonds. The first-order valence-electron chi connectivity index (χ1n) is 7.38. The number of aryl methyl sites for hydroxylation is 1. The molecule has 0 spiro atoms. The first kappa shape index (κ1) is 14.1. The molecule has 0 aliphatic carbocycles. The van der Waals surface area contributed by atoms with Crippen LogP contribution >= 0.6 is 0 Å². The van der Waals surface area contributed by atoms with Crippen molar-refractivity contribution in [2.45, 2.75) is 46.2 Å². The van der Waals surface area contributed by atoms with Crippen molar-refractivity contribution in [3.63, 3.8) is 0 Å². The summed E-state index contributed by atoms with van der Waals surface area (Å²) in [7, 11) is 2.12. The number of hydrogen-bond acceptors (Lipinski definition) is 1. The highest BCUT2D eigenvalue weighted by atomic mass is 14.9. The Morgan fingerprint density at radius 2 is 1.95 bits per heavy atom. The smallest absolute Gasteiger partial charge is 0.0481 e. The number of nitrogens with one attached hydrogen (secondary N) is 1. The lowest BCUT2D eigenvalue weighted by Gasteiger charge is -2.17. The van der Waals surface area contributed by atoms with Gasteiger partial charge in [-0.25, -0.2) is 0 Å². The van der Waals surface area contributed by atoms with Crippen LogP contribution in [0.25, 0.3) is 10.9 Å². The topological polar surface area (TPSA) is 17.0 Å². The Balaban J connectivity index is 2.02. The van der Waals surface area contributed by atoms with Crippen LogP contribution in [0.3, 0.4) is 0 Å². The second-order valence-corrected chi connectivity index (χ2v) is 5.81. The fraction of sp³-hybridized carbons (Fsp3) is 0.529. The van der Waals surface area contributed by atoms with Crippen LogP contribution < -0.4 is 5.32 Å². The third kappa shape index (κ3) is 3.38. The maximum atomic E-state index is 3.66. The van der Waals surface area contributed by atoms with Crippen LogP contribution in [0.1, 0.15) is 39.2 Å². The van der Waals surface area contributed by atoms with Crippen molar-refractivity contribution in [3.8, 4) is 0 Å². The monoisotopic (exact) mass is 258 g/mol. The Morgan fingerprint density at radius 1 is 1.21 bits per heavy atom. The molecule has 19 heavy (non-hydrogen) atoms. The maximum Gasteiger partial charge on any atom is 0.0481 e. The highest BCUT2D eigenvalue weighted by molar-refractivity contribution is 5.83. The summed E-state index contributed by atoms with van der Waals surface area (Å²) < 4.78 is 2.21.